The molecular weight excluding hydrogens is 316 g/mol. The lowest BCUT2D eigenvalue weighted by molar-refractivity contribution is 0.0999. The van der Waals surface area contributed by atoms with Crippen molar-refractivity contribution >= 4 is 32.7 Å². The molecule has 0 spiro atoms. The van der Waals surface area contributed by atoms with Crippen LogP contribution in [0.4, 0.5) is 0 Å². The number of amides is 1. The molecular formula is C16H13BrN2O. The Labute approximate surface area is 125 Å². The maximum Gasteiger partial charge on any atom is 0.249 e. The van der Waals surface area contributed by atoms with E-state index in [2.05, 4.69) is 38.7 Å². The molecule has 0 unspecified atom stereocenters. The van der Waals surface area contributed by atoms with E-state index in [0.29, 0.717) is 12.1 Å². The number of carbonyl (C=O) groups is 1. The topological polar surface area (TPSA) is 48.0 Å². The van der Waals surface area contributed by atoms with Gasteiger partial charge in [0.2, 0.25) is 5.91 Å². The molecule has 0 radical (unpaired) electrons. The van der Waals surface area contributed by atoms with Crippen molar-refractivity contribution in [1.29, 1.82) is 0 Å². The first-order valence-corrected chi connectivity index (χ1v) is 7.06. The van der Waals surface area contributed by atoms with Crippen LogP contribution in [0.25, 0.3) is 10.9 Å². The highest BCUT2D eigenvalue weighted by atomic mass is 79.9. The average molecular weight is 329 g/mol. The van der Waals surface area contributed by atoms with Crippen LogP contribution in [0.15, 0.2) is 59.2 Å². The number of rotatable bonds is 3. The minimum absolute atomic E-state index is 0.391. The molecule has 20 heavy (non-hydrogen) atoms. The molecule has 0 aliphatic carbocycles. The Kier molecular flexibility index (Phi) is 3.32. The summed E-state index contributed by atoms with van der Waals surface area (Å²) in [6, 6.07) is 15.7. The summed E-state index contributed by atoms with van der Waals surface area (Å²) in [7, 11) is 0. The minimum atomic E-state index is -0.391. The second-order valence-electron chi connectivity index (χ2n) is 4.67. The van der Waals surface area contributed by atoms with Crippen molar-refractivity contribution in [1.82, 2.24) is 4.57 Å². The molecule has 0 fully saturated rings. The van der Waals surface area contributed by atoms with Crippen molar-refractivity contribution in [2.75, 3.05) is 0 Å². The van der Waals surface area contributed by atoms with Gasteiger partial charge in [-0.25, -0.2) is 0 Å². The lowest BCUT2D eigenvalue weighted by Gasteiger charge is -2.09. The molecule has 0 aliphatic rings. The van der Waals surface area contributed by atoms with E-state index >= 15 is 0 Å². The molecule has 100 valence electrons. The number of hydrogen-bond donors (Lipinski definition) is 1. The Morgan fingerprint density at radius 3 is 2.75 bits per heavy atom. The molecule has 3 aromatic rings. The first-order chi connectivity index (χ1) is 9.65. The van der Waals surface area contributed by atoms with Crippen LogP contribution in [0.3, 0.4) is 0 Å². The van der Waals surface area contributed by atoms with Gasteiger partial charge in [0, 0.05) is 28.3 Å². The molecule has 0 saturated heterocycles. The van der Waals surface area contributed by atoms with Crippen LogP contribution in [0, 0.1) is 0 Å². The third kappa shape index (κ3) is 2.34. The second kappa shape index (κ2) is 5.13. The first kappa shape index (κ1) is 12.9. The van der Waals surface area contributed by atoms with E-state index in [1.54, 1.807) is 6.07 Å². The standard InChI is InChI=1S/C16H13BrN2O/c17-13-6-5-11-7-8-19(15(11)9-13)10-12-3-1-2-4-14(12)16(18)20/h1-9H,10H2,(H2,18,20). The highest BCUT2D eigenvalue weighted by Gasteiger charge is 2.09. The fourth-order valence-corrected chi connectivity index (χ4v) is 2.73. The zero-order chi connectivity index (χ0) is 14.1. The Morgan fingerprint density at radius 2 is 1.95 bits per heavy atom. The van der Waals surface area contributed by atoms with Crippen molar-refractivity contribution in [3.8, 4) is 0 Å². The van der Waals surface area contributed by atoms with Crippen LogP contribution in [-0.2, 0) is 6.54 Å². The van der Waals surface area contributed by atoms with Crippen molar-refractivity contribution in [3.05, 3.63) is 70.3 Å². The molecule has 0 atom stereocenters. The Hall–Kier alpha value is -2.07. The van der Waals surface area contributed by atoms with E-state index in [9.17, 15) is 4.79 Å². The number of aromatic nitrogens is 1. The number of nitrogens with two attached hydrogens (primary N) is 1. The van der Waals surface area contributed by atoms with Crippen molar-refractivity contribution in [3.63, 3.8) is 0 Å². The van der Waals surface area contributed by atoms with Gasteiger partial charge in [0.15, 0.2) is 0 Å². The third-order valence-electron chi connectivity index (χ3n) is 3.36. The van der Waals surface area contributed by atoms with Crippen molar-refractivity contribution in [2.45, 2.75) is 6.54 Å². The zero-order valence-electron chi connectivity index (χ0n) is 10.7. The summed E-state index contributed by atoms with van der Waals surface area (Å²) in [6.07, 6.45) is 2.02. The molecule has 0 bridgehead atoms. The SMILES string of the molecule is NC(=O)c1ccccc1Cn1ccc2ccc(Br)cc21. The highest BCUT2D eigenvalue weighted by Crippen LogP contribution is 2.22. The van der Waals surface area contributed by atoms with Gasteiger partial charge in [-0.05, 0) is 35.2 Å². The number of benzene rings is 2. The molecule has 1 amide bonds. The number of halogens is 1. The van der Waals surface area contributed by atoms with Crippen LogP contribution in [-0.4, -0.2) is 10.5 Å². The van der Waals surface area contributed by atoms with E-state index in [1.807, 2.05) is 30.5 Å². The summed E-state index contributed by atoms with van der Waals surface area (Å²) in [6.45, 7) is 0.624. The maximum absolute atomic E-state index is 11.5. The summed E-state index contributed by atoms with van der Waals surface area (Å²) in [4.78, 5) is 11.5. The smallest absolute Gasteiger partial charge is 0.249 e. The van der Waals surface area contributed by atoms with E-state index in [0.717, 1.165) is 15.6 Å². The monoisotopic (exact) mass is 328 g/mol. The summed E-state index contributed by atoms with van der Waals surface area (Å²) >= 11 is 3.49. The normalized spacial score (nSPS) is 10.8. The van der Waals surface area contributed by atoms with Gasteiger partial charge in [0.05, 0.1) is 0 Å². The largest absolute Gasteiger partial charge is 0.366 e. The summed E-state index contributed by atoms with van der Waals surface area (Å²) in [5, 5.41) is 1.17. The van der Waals surface area contributed by atoms with Gasteiger partial charge in [-0.1, -0.05) is 40.2 Å². The number of primary amides is 1. The predicted molar refractivity (Wildman–Crippen MR) is 83.7 cm³/mol. The molecule has 2 N–H and O–H groups in total. The van der Waals surface area contributed by atoms with Gasteiger partial charge in [0.1, 0.15) is 0 Å². The summed E-state index contributed by atoms with van der Waals surface area (Å²) in [5.41, 5.74) is 8.05. The Morgan fingerprint density at radius 1 is 1.15 bits per heavy atom. The fraction of sp³-hybridized carbons (Fsp3) is 0.0625. The fourth-order valence-electron chi connectivity index (χ4n) is 2.38. The minimum Gasteiger partial charge on any atom is -0.366 e. The molecule has 3 rings (SSSR count). The van der Waals surface area contributed by atoms with Crippen molar-refractivity contribution < 1.29 is 4.79 Å². The Balaban J connectivity index is 2.06. The molecule has 2 aromatic carbocycles. The van der Waals surface area contributed by atoms with Crippen LogP contribution in [0.5, 0.6) is 0 Å². The predicted octanol–water partition coefficient (Wildman–Crippen LogP) is 3.55. The number of carbonyl (C=O) groups excluding carboxylic acids is 1. The highest BCUT2D eigenvalue weighted by molar-refractivity contribution is 9.10. The molecule has 4 heteroatoms. The lowest BCUT2D eigenvalue weighted by Crippen LogP contribution is -2.14. The second-order valence-corrected chi connectivity index (χ2v) is 5.58. The number of hydrogen-bond acceptors (Lipinski definition) is 1. The lowest BCUT2D eigenvalue weighted by atomic mass is 10.1. The first-order valence-electron chi connectivity index (χ1n) is 6.27. The summed E-state index contributed by atoms with van der Waals surface area (Å²) in [5.74, 6) is -0.391. The average Bonchev–Trinajstić information content (AvgIpc) is 2.82. The van der Waals surface area contributed by atoms with E-state index in [1.165, 1.54) is 5.39 Å². The van der Waals surface area contributed by atoms with E-state index in [-0.39, 0.29) is 0 Å². The van der Waals surface area contributed by atoms with Crippen LogP contribution in [0.2, 0.25) is 0 Å². The number of fused-ring (bicyclic) bond motifs is 1. The number of nitrogens with zero attached hydrogens (tertiary/aromatic N) is 1. The van der Waals surface area contributed by atoms with Gasteiger partial charge < -0.3 is 10.3 Å². The van der Waals surface area contributed by atoms with Crippen LogP contribution >= 0.6 is 15.9 Å². The van der Waals surface area contributed by atoms with Crippen LogP contribution < -0.4 is 5.73 Å². The van der Waals surface area contributed by atoms with Gasteiger partial charge in [-0.3, -0.25) is 4.79 Å². The molecule has 3 nitrogen and oxygen atoms in total. The Bertz CT molecular complexity index is 792. The summed E-state index contributed by atoms with van der Waals surface area (Å²) < 4.78 is 3.15. The van der Waals surface area contributed by atoms with E-state index in [4.69, 9.17) is 5.73 Å². The third-order valence-corrected chi connectivity index (χ3v) is 3.85. The zero-order valence-corrected chi connectivity index (χ0v) is 12.3. The molecule has 1 heterocycles. The quantitative estimate of drug-likeness (QED) is 0.785. The van der Waals surface area contributed by atoms with Crippen LogP contribution in [0.1, 0.15) is 15.9 Å². The van der Waals surface area contributed by atoms with Gasteiger partial charge in [-0.2, -0.15) is 0 Å². The molecule has 1 aromatic heterocycles. The molecule has 0 saturated carbocycles. The van der Waals surface area contributed by atoms with Gasteiger partial charge >= 0.3 is 0 Å². The van der Waals surface area contributed by atoms with Gasteiger partial charge in [0.25, 0.3) is 0 Å². The van der Waals surface area contributed by atoms with Crippen molar-refractivity contribution in [2.24, 2.45) is 5.73 Å². The maximum atomic E-state index is 11.5. The van der Waals surface area contributed by atoms with Gasteiger partial charge in [-0.15, -0.1) is 0 Å². The molecule has 0 aliphatic heterocycles. The van der Waals surface area contributed by atoms with E-state index < -0.39 is 5.91 Å².